The highest BCUT2D eigenvalue weighted by Gasteiger charge is 2.58. The Labute approximate surface area is 217 Å². The summed E-state index contributed by atoms with van der Waals surface area (Å²) >= 11 is 0. The molecule has 2 heterocycles. The third-order valence-corrected chi connectivity index (χ3v) is 9.99. The first-order valence-corrected chi connectivity index (χ1v) is 13.8. The summed E-state index contributed by atoms with van der Waals surface area (Å²) in [4.78, 5) is 51.2. The average molecular weight is 511 g/mol. The van der Waals surface area contributed by atoms with E-state index < -0.39 is 29.6 Å². The van der Waals surface area contributed by atoms with Crippen LogP contribution in [0.3, 0.4) is 0 Å². The van der Waals surface area contributed by atoms with Crippen LogP contribution in [0.1, 0.15) is 52.4 Å². The molecule has 3 aliphatic carbocycles. The number of ketones is 2. The van der Waals surface area contributed by atoms with Crippen molar-refractivity contribution in [2.45, 2.75) is 64.5 Å². The zero-order valence-corrected chi connectivity index (χ0v) is 21.6. The predicted molar refractivity (Wildman–Crippen MR) is 136 cm³/mol. The maximum absolute atomic E-state index is 13.5. The summed E-state index contributed by atoms with van der Waals surface area (Å²) in [5, 5.41) is 26.3. The van der Waals surface area contributed by atoms with Gasteiger partial charge in [-0.15, -0.1) is 0 Å². The number of carbonyl (C=O) groups excluding carboxylic acids is 4. The van der Waals surface area contributed by atoms with Crippen molar-refractivity contribution >= 4 is 23.4 Å². The van der Waals surface area contributed by atoms with Crippen LogP contribution in [0.15, 0.2) is 35.6 Å². The topological polar surface area (TPSA) is 133 Å². The Morgan fingerprint density at radius 2 is 1.86 bits per heavy atom. The van der Waals surface area contributed by atoms with E-state index in [2.05, 4.69) is 24.5 Å². The molecule has 2 unspecified atom stereocenters. The lowest BCUT2D eigenvalue weighted by molar-refractivity contribution is -0.131. The highest BCUT2D eigenvalue weighted by Crippen LogP contribution is 2.61. The molecule has 0 spiro atoms. The highest BCUT2D eigenvalue weighted by atomic mass is 16.3. The summed E-state index contributed by atoms with van der Waals surface area (Å²) in [5.74, 6) is 0.507. The number of aliphatic hydroxyl groups is 2. The molecule has 2 aliphatic heterocycles. The van der Waals surface area contributed by atoms with Gasteiger partial charge < -0.3 is 20.8 Å². The lowest BCUT2D eigenvalue weighted by atomic mass is 9.63. The fourth-order valence-electron chi connectivity index (χ4n) is 8.25. The van der Waals surface area contributed by atoms with E-state index in [1.807, 2.05) is 6.08 Å². The number of hydrogen-bond acceptors (Lipinski definition) is 6. The average Bonchev–Trinajstić information content (AvgIpc) is 3.48. The molecule has 200 valence electrons. The first-order valence-electron chi connectivity index (χ1n) is 13.8. The molecule has 0 aromatic rings. The van der Waals surface area contributed by atoms with Gasteiger partial charge in [-0.05, 0) is 79.3 Å². The molecule has 8 heteroatoms. The fraction of sp³-hybridized carbons (Fsp3) is 0.655. The number of Topliss-reactive ketones (excluding diaryl/α,β-unsaturated/α-hetero) is 2. The third kappa shape index (κ3) is 4.58. The van der Waals surface area contributed by atoms with E-state index in [-0.39, 0.29) is 53.9 Å². The molecule has 0 radical (unpaired) electrons. The minimum atomic E-state index is -1.20. The molecule has 8 nitrogen and oxygen atoms in total. The lowest BCUT2D eigenvalue weighted by Gasteiger charge is -2.40. The van der Waals surface area contributed by atoms with Crippen molar-refractivity contribution in [1.82, 2.24) is 10.6 Å². The molecule has 37 heavy (non-hydrogen) atoms. The lowest BCUT2D eigenvalue weighted by Crippen LogP contribution is -2.42. The third-order valence-electron chi connectivity index (χ3n) is 9.99. The number of fused-ring (bicyclic) bond motifs is 7. The van der Waals surface area contributed by atoms with Gasteiger partial charge >= 0.3 is 0 Å². The molecule has 10 atom stereocenters. The van der Waals surface area contributed by atoms with Crippen LogP contribution in [0.2, 0.25) is 0 Å². The summed E-state index contributed by atoms with van der Waals surface area (Å²) in [5.41, 5.74) is -0.372. The molecule has 5 rings (SSSR count). The van der Waals surface area contributed by atoms with Gasteiger partial charge in [0.1, 0.15) is 23.2 Å². The van der Waals surface area contributed by atoms with Crippen LogP contribution in [0.5, 0.6) is 0 Å². The van der Waals surface area contributed by atoms with Crippen LogP contribution in [-0.2, 0) is 19.2 Å². The normalized spacial score (nSPS) is 46.0. The van der Waals surface area contributed by atoms with Crippen molar-refractivity contribution < 1.29 is 29.4 Å². The Morgan fingerprint density at radius 1 is 1.08 bits per heavy atom. The van der Waals surface area contributed by atoms with Crippen LogP contribution in [0.25, 0.3) is 0 Å². The van der Waals surface area contributed by atoms with Gasteiger partial charge in [0.15, 0.2) is 5.78 Å². The Bertz CT molecular complexity index is 1080. The smallest absolute Gasteiger partial charge is 0.259 e. The first kappa shape index (κ1) is 25.9. The minimum Gasteiger partial charge on any atom is -0.507 e. The van der Waals surface area contributed by atoms with Crippen LogP contribution < -0.4 is 10.6 Å². The maximum atomic E-state index is 13.5. The second kappa shape index (κ2) is 10.2. The van der Waals surface area contributed by atoms with Crippen LogP contribution in [0.4, 0.5) is 0 Å². The molecular formula is C29H38N2O6. The number of carbonyl (C=O) groups is 4. The number of rotatable bonds is 1. The van der Waals surface area contributed by atoms with E-state index >= 15 is 0 Å². The largest absolute Gasteiger partial charge is 0.507 e. The summed E-state index contributed by atoms with van der Waals surface area (Å²) < 4.78 is 0. The maximum Gasteiger partial charge on any atom is 0.259 e. The molecule has 2 amide bonds. The summed E-state index contributed by atoms with van der Waals surface area (Å²) in [6.07, 6.45) is 9.70. The van der Waals surface area contributed by atoms with Crippen LogP contribution in [-0.4, -0.2) is 52.3 Å². The van der Waals surface area contributed by atoms with E-state index in [0.717, 1.165) is 12.8 Å². The van der Waals surface area contributed by atoms with Gasteiger partial charge in [0.2, 0.25) is 5.91 Å². The number of amides is 2. The number of allylic oxidation sites excluding steroid dienone is 3. The van der Waals surface area contributed by atoms with Gasteiger partial charge in [0.05, 0.1) is 6.10 Å². The highest BCUT2D eigenvalue weighted by molar-refractivity contribution is 6.27. The van der Waals surface area contributed by atoms with Crippen molar-refractivity contribution in [3.8, 4) is 0 Å². The van der Waals surface area contributed by atoms with E-state index in [9.17, 15) is 29.4 Å². The Kier molecular flexibility index (Phi) is 7.14. The van der Waals surface area contributed by atoms with Gasteiger partial charge in [-0.25, -0.2) is 0 Å². The molecule has 1 saturated heterocycles. The number of aliphatic hydroxyl groups excluding tert-OH is 2. The molecule has 4 fully saturated rings. The number of hydrogen-bond donors (Lipinski definition) is 4. The Morgan fingerprint density at radius 3 is 2.62 bits per heavy atom. The zero-order valence-electron chi connectivity index (χ0n) is 21.6. The Hall–Kier alpha value is -2.74. The minimum absolute atomic E-state index is 0.0374. The van der Waals surface area contributed by atoms with Gasteiger partial charge in [-0.2, -0.15) is 0 Å². The van der Waals surface area contributed by atoms with Crippen molar-refractivity contribution in [1.29, 1.82) is 0 Å². The van der Waals surface area contributed by atoms with Gasteiger partial charge in [0.25, 0.3) is 5.91 Å². The second-order valence-corrected chi connectivity index (χ2v) is 11.7. The zero-order chi connectivity index (χ0) is 26.4. The van der Waals surface area contributed by atoms with Crippen molar-refractivity contribution in [3.05, 3.63) is 35.6 Å². The number of nitrogens with one attached hydrogen (secondary N) is 2. The fourth-order valence-corrected chi connectivity index (χ4v) is 8.25. The molecule has 0 aromatic carbocycles. The monoisotopic (exact) mass is 510 g/mol. The molecule has 3 saturated carbocycles. The molecule has 2 bridgehead atoms. The summed E-state index contributed by atoms with van der Waals surface area (Å²) in [7, 11) is 0. The molecule has 0 aromatic heterocycles. The van der Waals surface area contributed by atoms with Crippen molar-refractivity contribution in [2.75, 3.05) is 6.54 Å². The summed E-state index contributed by atoms with van der Waals surface area (Å²) in [6, 6.07) is -1.17. The van der Waals surface area contributed by atoms with Crippen LogP contribution >= 0.6 is 0 Å². The summed E-state index contributed by atoms with van der Waals surface area (Å²) in [6.45, 7) is 4.68. The quantitative estimate of drug-likeness (QED) is 0.401. The molecule has 5 aliphatic rings. The van der Waals surface area contributed by atoms with E-state index in [0.29, 0.717) is 36.5 Å². The van der Waals surface area contributed by atoms with Gasteiger partial charge in [-0.3, -0.25) is 19.2 Å². The van der Waals surface area contributed by atoms with Crippen molar-refractivity contribution in [2.24, 2.45) is 47.3 Å². The van der Waals surface area contributed by atoms with E-state index in [1.54, 1.807) is 6.08 Å². The standard InChI is InChI=1S/C29H38N2O6/c1-3-15-11-17-12-19-18-5-4-6-23(35)30-10-9-21(33)27-28(36)26(29(37)31-27)20(32)8-7-16(18)13-22(34)25(19)24(17)14(15)2/h4,6-8,14-19,21,24-25,27,32-33H,3,5,9-13H2,1-2H3,(H,30,35)(H,31,37)/b6-4-,8-7+,26-20-/t14-,15-,16+,17+,18-,19+,21?,24+,25-,27?/m0/s1. The van der Waals surface area contributed by atoms with E-state index in [1.165, 1.54) is 18.6 Å². The van der Waals surface area contributed by atoms with Gasteiger partial charge in [-0.1, -0.05) is 32.4 Å². The molecular weight excluding hydrogens is 472 g/mol. The van der Waals surface area contributed by atoms with E-state index in [4.69, 9.17) is 0 Å². The Balaban J connectivity index is 1.47. The van der Waals surface area contributed by atoms with Gasteiger partial charge in [0, 0.05) is 18.9 Å². The predicted octanol–water partition coefficient (Wildman–Crippen LogP) is 2.39. The second-order valence-electron chi connectivity index (χ2n) is 11.7. The first-order chi connectivity index (χ1) is 17.7. The molecule has 4 N–H and O–H groups in total. The van der Waals surface area contributed by atoms with Crippen molar-refractivity contribution in [3.63, 3.8) is 0 Å². The SMILES string of the molecule is CC[C@H]1C[C@@H]2C[C@@H]3[C@H]4C/C=C\C(=O)NCCC(O)C5NC(=O)/C(=C(O)/C=C/[C@@H]4CC(=O)[C@H]3[C@@H]2[C@H]1C)C5=O. The van der Waals surface area contributed by atoms with Crippen LogP contribution in [0, 0.1) is 47.3 Å².